The fourth-order valence-corrected chi connectivity index (χ4v) is 4.13. The molecule has 6 heteroatoms. The number of thiazole rings is 1. The predicted molar refractivity (Wildman–Crippen MR) is 99.5 cm³/mol. The summed E-state index contributed by atoms with van der Waals surface area (Å²) < 4.78 is 0. The van der Waals surface area contributed by atoms with Gasteiger partial charge in [-0.05, 0) is 23.6 Å². The minimum atomic E-state index is -0.0673. The first kappa shape index (κ1) is 15.0. The van der Waals surface area contributed by atoms with Gasteiger partial charge in [-0.1, -0.05) is 18.2 Å². The van der Waals surface area contributed by atoms with Gasteiger partial charge in [0.2, 0.25) is 5.91 Å². The summed E-state index contributed by atoms with van der Waals surface area (Å²) in [5.74, 6) is -0.0673. The molecule has 0 fully saturated rings. The van der Waals surface area contributed by atoms with Crippen LogP contribution >= 0.6 is 22.7 Å². The van der Waals surface area contributed by atoms with E-state index in [0.717, 1.165) is 32.0 Å². The molecule has 0 saturated heterocycles. The summed E-state index contributed by atoms with van der Waals surface area (Å²) in [4.78, 5) is 22.2. The van der Waals surface area contributed by atoms with Gasteiger partial charge in [-0.3, -0.25) is 9.78 Å². The second kappa shape index (κ2) is 6.51. The zero-order valence-electron chi connectivity index (χ0n) is 12.6. The lowest BCUT2D eigenvalue weighted by atomic mass is 10.1. The van der Waals surface area contributed by atoms with Crippen molar-refractivity contribution >= 4 is 45.0 Å². The monoisotopic (exact) mass is 351 g/mol. The van der Waals surface area contributed by atoms with Gasteiger partial charge in [-0.2, -0.15) is 0 Å². The predicted octanol–water partition coefficient (Wildman–Crippen LogP) is 4.60. The molecule has 3 heterocycles. The van der Waals surface area contributed by atoms with Gasteiger partial charge in [-0.15, -0.1) is 22.7 Å². The van der Waals surface area contributed by atoms with Crippen molar-refractivity contribution in [3.63, 3.8) is 0 Å². The third-order valence-corrected chi connectivity index (χ3v) is 5.51. The second-order valence-electron chi connectivity index (χ2n) is 5.25. The molecule has 4 rings (SSSR count). The lowest BCUT2D eigenvalue weighted by Crippen LogP contribution is -2.14. The first-order valence-electron chi connectivity index (χ1n) is 7.40. The molecule has 0 aliphatic rings. The van der Waals surface area contributed by atoms with Gasteiger partial charge in [0.1, 0.15) is 5.01 Å². The highest BCUT2D eigenvalue weighted by Crippen LogP contribution is 2.28. The smallest absolute Gasteiger partial charge is 0.230 e. The maximum atomic E-state index is 12.4. The van der Waals surface area contributed by atoms with Gasteiger partial charge in [0.15, 0.2) is 0 Å². The third kappa shape index (κ3) is 3.06. The normalized spacial score (nSPS) is 10.8. The maximum absolute atomic E-state index is 12.4. The maximum Gasteiger partial charge on any atom is 0.230 e. The number of hydrogen-bond donors (Lipinski definition) is 1. The molecular formula is C18H13N3OS2. The van der Waals surface area contributed by atoms with E-state index in [-0.39, 0.29) is 12.3 Å². The number of carbonyl (C=O) groups is 1. The highest BCUT2D eigenvalue weighted by atomic mass is 32.1. The van der Waals surface area contributed by atoms with Crippen LogP contribution in [0.3, 0.4) is 0 Å². The Balaban J connectivity index is 1.50. The van der Waals surface area contributed by atoms with Crippen LogP contribution in [0.25, 0.3) is 20.7 Å². The van der Waals surface area contributed by atoms with Crippen molar-refractivity contribution in [1.82, 2.24) is 9.97 Å². The molecule has 1 amide bonds. The molecule has 0 saturated carbocycles. The second-order valence-corrected chi connectivity index (χ2v) is 7.05. The standard InChI is InChI=1S/C18H13N3OS2/c22-17(9-13-11-24-18(20-13)16-5-2-8-23-16)21-15-4-1-3-12-10-19-7-6-14(12)15/h1-8,10-11H,9H2,(H,21,22). The Labute approximate surface area is 146 Å². The molecule has 0 aliphatic heterocycles. The summed E-state index contributed by atoms with van der Waals surface area (Å²) in [6.07, 6.45) is 3.79. The summed E-state index contributed by atoms with van der Waals surface area (Å²) >= 11 is 3.22. The fraction of sp³-hybridized carbons (Fsp3) is 0.0556. The molecule has 0 bridgehead atoms. The van der Waals surface area contributed by atoms with Crippen LogP contribution in [0.2, 0.25) is 0 Å². The van der Waals surface area contributed by atoms with Crippen molar-refractivity contribution in [1.29, 1.82) is 0 Å². The minimum Gasteiger partial charge on any atom is -0.325 e. The van der Waals surface area contributed by atoms with E-state index in [0.29, 0.717) is 0 Å². The van der Waals surface area contributed by atoms with Gasteiger partial charge in [0.25, 0.3) is 0 Å². The third-order valence-electron chi connectivity index (χ3n) is 3.58. The molecular weight excluding hydrogens is 338 g/mol. The summed E-state index contributed by atoms with van der Waals surface area (Å²) in [6.45, 7) is 0. The van der Waals surface area contributed by atoms with Crippen molar-refractivity contribution < 1.29 is 4.79 Å². The van der Waals surface area contributed by atoms with E-state index in [1.807, 2.05) is 47.2 Å². The molecule has 1 aromatic carbocycles. The Kier molecular flexibility index (Phi) is 4.06. The summed E-state index contributed by atoms with van der Waals surface area (Å²) in [6, 6.07) is 11.7. The Morgan fingerprint density at radius 1 is 1.12 bits per heavy atom. The van der Waals surface area contributed by atoms with Crippen molar-refractivity contribution in [2.75, 3.05) is 5.32 Å². The van der Waals surface area contributed by atoms with Crippen LogP contribution in [0.5, 0.6) is 0 Å². The minimum absolute atomic E-state index is 0.0673. The van der Waals surface area contributed by atoms with Crippen LogP contribution in [0.1, 0.15) is 5.69 Å². The number of aromatic nitrogens is 2. The van der Waals surface area contributed by atoms with E-state index in [1.165, 1.54) is 0 Å². The molecule has 1 N–H and O–H groups in total. The highest BCUT2D eigenvalue weighted by molar-refractivity contribution is 7.20. The number of anilines is 1. The molecule has 0 radical (unpaired) electrons. The van der Waals surface area contributed by atoms with Crippen molar-refractivity contribution in [3.05, 3.63) is 65.2 Å². The first-order valence-corrected chi connectivity index (χ1v) is 9.16. The molecule has 0 atom stereocenters. The molecule has 0 spiro atoms. The number of pyridine rings is 1. The molecule has 3 aromatic heterocycles. The van der Waals surface area contributed by atoms with Crippen LogP contribution in [-0.4, -0.2) is 15.9 Å². The summed E-state index contributed by atoms with van der Waals surface area (Å²) in [7, 11) is 0. The lowest BCUT2D eigenvalue weighted by Gasteiger charge is -2.07. The molecule has 0 aliphatic carbocycles. The number of thiophene rings is 1. The summed E-state index contributed by atoms with van der Waals surface area (Å²) in [5.41, 5.74) is 1.59. The first-order chi connectivity index (χ1) is 11.8. The number of hydrogen-bond acceptors (Lipinski definition) is 5. The number of nitrogens with zero attached hydrogens (tertiary/aromatic N) is 2. The van der Waals surface area contributed by atoms with E-state index < -0.39 is 0 Å². The number of amides is 1. The van der Waals surface area contributed by atoms with Gasteiger partial charge < -0.3 is 5.32 Å². The van der Waals surface area contributed by atoms with E-state index in [1.54, 1.807) is 35.1 Å². The highest BCUT2D eigenvalue weighted by Gasteiger charge is 2.11. The van der Waals surface area contributed by atoms with Gasteiger partial charge in [-0.25, -0.2) is 4.98 Å². The van der Waals surface area contributed by atoms with Crippen molar-refractivity contribution in [2.45, 2.75) is 6.42 Å². The topological polar surface area (TPSA) is 54.9 Å². The average molecular weight is 351 g/mol. The van der Waals surface area contributed by atoms with Crippen LogP contribution < -0.4 is 5.32 Å². The molecule has 0 unspecified atom stereocenters. The van der Waals surface area contributed by atoms with E-state index in [9.17, 15) is 4.79 Å². The Bertz CT molecular complexity index is 987. The number of rotatable bonds is 4. The van der Waals surface area contributed by atoms with Crippen LogP contribution in [0.4, 0.5) is 5.69 Å². The largest absolute Gasteiger partial charge is 0.325 e. The SMILES string of the molecule is O=C(Cc1csc(-c2cccs2)n1)Nc1cccc2cnccc12. The molecule has 118 valence electrons. The average Bonchev–Trinajstić information content (AvgIpc) is 3.26. The van der Waals surface area contributed by atoms with Gasteiger partial charge in [0.05, 0.1) is 17.0 Å². The van der Waals surface area contributed by atoms with E-state index >= 15 is 0 Å². The number of fused-ring (bicyclic) bond motifs is 1. The summed E-state index contributed by atoms with van der Waals surface area (Å²) in [5, 5.41) is 9.90. The zero-order chi connectivity index (χ0) is 16.4. The Morgan fingerprint density at radius 2 is 2.08 bits per heavy atom. The molecule has 24 heavy (non-hydrogen) atoms. The van der Waals surface area contributed by atoms with E-state index in [2.05, 4.69) is 15.3 Å². The number of carbonyl (C=O) groups excluding carboxylic acids is 1. The van der Waals surface area contributed by atoms with Crippen LogP contribution in [-0.2, 0) is 11.2 Å². The zero-order valence-corrected chi connectivity index (χ0v) is 14.2. The Hall–Kier alpha value is -2.57. The number of nitrogens with one attached hydrogen (secondary N) is 1. The Morgan fingerprint density at radius 3 is 2.96 bits per heavy atom. The van der Waals surface area contributed by atoms with Crippen molar-refractivity contribution in [3.8, 4) is 9.88 Å². The quantitative estimate of drug-likeness (QED) is 0.584. The van der Waals surface area contributed by atoms with Crippen LogP contribution in [0, 0.1) is 0 Å². The fourth-order valence-electron chi connectivity index (χ4n) is 2.49. The molecule has 4 nitrogen and oxygen atoms in total. The van der Waals surface area contributed by atoms with Crippen molar-refractivity contribution in [2.24, 2.45) is 0 Å². The van der Waals surface area contributed by atoms with Gasteiger partial charge >= 0.3 is 0 Å². The van der Waals surface area contributed by atoms with E-state index in [4.69, 9.17) is 0 Å². The van der Waals surface area contributed by atoms with Crippen LogP contribution in [0.15, 0.2) is 59.6 Å². The lowest BCUT2D eigenvalue weighted by molar-refractivity contribution is -0.115. The number of benzene rings is 1. The molecule has 4 aromatic rings. The van der Waals surface area contributed by atoms with Gasteiger partial charge in [0, 0.05) is 34.2 Å².